The average Bonchev–Trinajstić information content (AvgIpc) is 2.91. The second-order valence-corrected chi connectivity index (χ2v) is 6.09. The first-order chi connectivity index (χ1) is 9.18. The molecule has 1 saturated heterocycles. The summed E-state index contributed by atoms with van der Waals surface area (Å²) in [6.45, 7) is 5.79. The summed E-state index contributed by atoms with van der Waals surface area (Å²) in [5, 5.41) is 4.31. The monoisotopic (exact) mass is 280 g/mol. The van der Waals surface area contributed by atoms with Crippen LogP contribution < -0.4 is 5.32 Å². The highest BCUT2D eigenvalue weighted by Crippen LogP contribution is 2.26. The summed E-state index contributed by atoms with van der Waals surface area (Å²) in [6.07, 6.45) is 3.97. The van der Waals surface area contributed by atoms with E-state index in [0.717, 1.165) is 17.5 Å². The van der Waals surface area contributed by atoms with Gasteiger partial charge in [0.15, 0.2) is 0 Å². The minimum atomic E-state index is 0.385. The lowest BCUT2D eigenvalue weighted by Gasteiger charge is -2.26. The SMILES string of the molecule is CC(c1ccccc1Cl)N(C)CCCC1CCNC1. The highest BCUT2D eigenvalue weighted by molar-refractivity contribution is 6.31. The molecule has 1 aromatic rings. The third-order valence-corrected chi connectivity index (χ3v) is 4.65. The van der Waals surface area contributed by atoms with Crippen LogP contribution in [0.25, 0.3) is 0 Å². The lowest BCUT2D eigenvalue weighted by Crippen LogP contribution is -2.24. The van der Waals surface area contributed by atoms with E-state index in [-0.39, 0.29) is 0 Å². The summed E-state index contributed by atoms with van der Waals surface area (Å²) in [5.74, 6) is 0.893. The molecule has 1 fully saturated rings. The van der Waals surface area contributed by atoms with Crippen LogP contribution in [-0.2, 0) is 0 Å². The highest BCUT2D eigenvalue weighted by atomic mass is 35.5. The minimum Gasteiger partial charge on any atom is -0.316 e. The van der Waals surface area contributed by atoms with Crippen molar-refractivity contribution in [2.45, 2.75) is 32.2 Å². The van der Waals surface area contributed by atoms with Gasteiger partial charge in [-0.2, -0.15) is 0 Å². The maximum atomic E-state index is 6.27. The fraction of sp³-hybridized carbons (Fsp3) is 0.625. The Kier molecular flexibility index (Phi) is 5.68. The number of benzene rings is 1. The van der Waals surface area contributed by atoms with E-state index in [1.807, 2.05) is 12.1 Å². The van der Waals surface area contributed by atoms with Gasteiger partial charge in [-0.05, 0) is 70.4 Å². The zero-order valence-corrected chi connectivity index (χ0v) is 12.8. The van der Waals surface area contributed by atoms with E-state index in [4.69, 9.17) is 11.6 Å². The van der Waals surface area contributed by atoms with Crippen molar-refractivity contribution in [3.63, 3.8) is 0 Å². The standard InChI is InChI=1S/C16H25ClN2/c1-13(15-7-3-4-8-16(15)17)19(2)11-5-6-14-9-10-18-12-14/h3-4,7-8,13-14,18H,5-6,9-12H2,1-2H3. The summed E-state index contributed by atoms with van der Waals surface area (Å²) in [7, 11) is 2.20. The van der Waals surface area contributed by atoms with E-state index in [1.54, 1.807) is 0 Å². The lowest BCUT2D eigenvalue weighted by molar-refractivity contribution is 0.250. The van der Waals surface area contributed by atoms with Crippen LogP contribution in [0.2, 0.25) is 5.02 Å². The van der Waals surface area contributed by atoms with Crippen LogP contribution in [0, 0.1) is 5.92 Å². The predicted octanol–water partition coefficient (Wildman–Crippen LogP) is 3.72. The Morgan fingerprint density at radius 1 is 1.42 bits per heavy atom. The molecule has 1 heterocycles. The topological polar surface area (TPSA) is 15.3 Å². The maximum absolute atomic E-state index is 6.27. The van der Waals surface area contributed by atoms with E-state index in [1.165, 1.54) is 37.9 Å². The Bertz CT molecular complexity index is 388. The lowest BCUT2D eigenvalue weighted by atomic mass is 10.0. The Morgan fingerprint density at radius 2 is 2.21 bits per heavy atom. The number of nitrogens with one attached hydrogen (secondary N) is 1. The molecule has 1 aliphatic rings. The van der Waals surface area contributed by atoms with Crippen LogP contribution in [-0.4, -0.2) is 31.6 Å². The first-order valence-electron chi connectivity index (χ1n) is 7.34. The van der Waals surface area contributed by atoms with Crippen LogP contribution in [0.3, 0.4) is 0 Å². The van der Waals surface area contributed by atoms with Crippen LogP contribution >= 0.6 is 11.6 Å². The molecule has 0 radical (unpaired) electrons. The smallest absolute Gasteiger partial charge is 0.0453 e. The van der Waals surface area contributed by atoms with Gasteiger partial charge >= 0.3 is 0 Å². The van der Waals surface area contributed by atoms with Crippen LogP contribution in [0.1, 0.15) is 37.8 Å². The number of hydrogen-bond donors (Lipinski definition) is 1. The van der Waals surface area contributed by atoms with Crippen LogP contribution in [0.5, 0.6) is 0 Å². The predicted molar refractivity (Wildman–Crippen MR) is 82.7 cm³/mol. The summed E-state index contributed by atoms with van der Waals surface area (Å²) in [6, 6.07) is 8.55. The van der Waals surface area contributed by atoms with Gasteiger partial charge in [-0.25, -0.2) is 0 Å². The normalized spacial score (nSPS) is 20.9. The summed E-state index contributed by atoms with van der Waals surface area (Å²) in [5.41, 5.74) is 1.23. The molecule has 0 spiro atoms. The van der Waals surface area contributed by atoms with Gasteiger partial charge in [0.1, 0.15) is 0 Å². The van der Waals surface area contributed by atoms with E-state index in [2.05, 4.69) is 36.3 Å². The summed E-state index contributed by atoms with van der Waals surface area (Å²) >= 11 is 6.27. The van der Waals surface area contributed by atoms with Crippen molar-refractivity contribution in [3.05, 3.63) is 34.9 Å². The number of halogens is 1. The Labute approximate surface area is 122 Å². The van der Waals surface area contributed by atoms with Gasteiger partial charge < -0.3 is 5.32 Å². The Morgan fingerprint density at radius 3 is 2.89 bits per heavy atom. The number of nitrogens with zero attached hydrogens (tertiary/aromatic N) is 1. The largest absolute Gasteiger partial charge is 0.316 e. The van der Waals surface area contributed by atoms with Crippen molar-refractivity contribution >= 4 is 11.6 Å². The van der Waals surface area contributed by atoms with Gasteiger partial charge in [-0.15, -0.1) is 0 Å². The second-order valence-electron chi connectivity index (χ2n) is 5.68. The first-order valence-corrected chi connectivity index (χ1v) is 7.71. The third-order valence-electron chi connectivity index (χ3n) is 4.30. The van der Waals surface area contributed by atoms with Gasteiger partial charge in [0.05, 0.1) is 0 Å². The first kappa shape index (κ1) is 14.8. The van der Waals surface area contributed by atoms with E-state index < -0.39 is 0 Å². The van der Waals surface area contributed by atoms with Gasteiger partial charge in [0, 0.05) is 11.1 Å². The minimum absolute atomic E-state index is 0.385. The summed E-state index contributed by atoms with van der Waals surface area (Å²) < 4.78 is 0. The van der Waals surface area contributed by atoms with Crippen molar-refractivity contribution in [1.29, 1.82) is 0 Å². The molecule has 1 aliphatic heterocycles. The van der Waals surface area contributed by atoms with Crippen molar-refractivity contribution < 1.29 is 0 Å². The van der Waals surface area contributed by atoms with Crippen molar-refractivity contribution in [3.8, 4) is 0 Å². The summed E-state index contributed by atoms with van der Waals surface area (Å²) in [4.78, 5) is 2.41. The number of rotatable bonds is 6. The Hall–Kier alpha value is -0.570. The third kappa shape index (κ3) is 4.20. The molecule has 0 amide bonds. The molecule has 106 valence electrons. The van der Waals surface area contributed by atoms with E-state index in [9.17, 15) is 0 Å². The fourth-order valence-corrected chi connectivity index (χ4v) is 3.13. The molecule has 2 atom stereocenters. The maximum Gasteiger partial charge on any atom is 0.0453 e. The molecule has 19 heavy (non-hydrogen) atoms. The van der Waals surface area contributed by atoms with E-state index in [0.29, 0.717) is 6.04 Å². The molecule has 2 rings (SSSR count). The van der Waals surface area contributed by atoms with Crippen molar-refractivity contribution in [2.24, 2.45) is 5.92 Å². The molecule has 0 aromatic heterocycles. The molecule has 0 aliphatic carbocycles. The zero-order chi connectivity index (χ0) is 13.7. The fourth-order valence-electron chi connectivity index (χ4n) is 2.84. The van der Waals surface area contributed by atoms with Crippen molar-refractivity contribution in [2.75, 3.05) is 26.7 Å². The van der Waals surface area contributed by atoms with Gasteiger partial charge in [0.25, 0.3) is 0 Å². The quantitative estimate of drug-likeness (QED) is 0.854. The molecule has 2 unspecified atom stereocenters. The van der Waals surface area contributed by atoms with E-state index >= 15 is 0 Å². The average molecular weight is 281 g/mol. The molecular weight excluding hydrogens is 256 g/mol. The van der Waals surface area contributed by atoms with Crippen LogP contribution in [0.15, 0.2) is 24.3 Å². The molecule has 2 nitrogen and oxygen atoms in total. The molecular formula is C16H25ClN2. The van der Waals surface area contributed by atoms with Gasteiger partial charge in [-0.1, -0.05) is 29.8 Å². The zero-order valence-electron chi connectivity index (χ0n) is 12.0. The van der Waals surface area contributed by atoms with Gasteiger partial charge in [-0.3, -0.25) is 4.90 Å². The molecule has 3 heteroatoms. The number of hydrogen-bond acceptors (Lipinski definition) is 2. The van der Waals surface area contributed by atoms with Gasteiger partial charge in [0.2, 0.25) is 0 Å². The molecule has 0 bridgehead atoms. The second kappa shape index (κ2) is 7.28. The van der Waals surface area contributed by atoms with Crippen LogP contribution in [0.4, 0.5) is 0 Å². The Balaban J connectivity index is 1.78. The van der Waals surface area contributed by atoms with Crippen molar-refractivity contribution in [1.82, 2.24) is 10.2 Å². The molecule has 1 aromatic carbocycles. The molecule has 0 saturated carbocycles. The molecule has 1 N–H and O–H groups in total. The highest BCUT2D eigenvalue weighted by Gasteiger charge is 2.16.